The first-order valence-corrected chi connectivity index (χ1v) is 12.8. The highest BCUT2D eigenvalue weighted by atomic mass is 32.2. The van der Waals surface area contributed by atoms with Gasteiger partial charge in [-0.05, 0) is 79.8 Å². The zero-order chi connectivity index (χ0) is 24.5. The largest absolute Gasteiger partial charge is 0.491 e. The lowest BCUT2D eigenvalue weighted by Crippen LogP contribution is -2.36. The highest BCUT2D eigenvalue weighted by Gasteiger charge is 2.37. The van der Waals surface area contributed by atoms with E-state index in [0.717, 1.165) is 59.6 Å². The van der Waals surface area contributed by atoms with Gasteiger partial charge in [0.2, 0.25) is 5.17 Å². The molecule has 9 heteroatoms. The molecule has 1 fully saturated rings. The Morgan fingerprint density at radius 1 is 1.20 bits per heavy atom. The van der Waals surface area contributed by atoms with Crippen molar-refractivity contribution in [1.29, 1.82) is 5.41 Å². The number of ether oxygens (including phenoxy) is 1. The minimum Gasteiger partial charge on any atom is -0.491 e. The number of aliphatic imine (C=N–C) groups is 1. The van der Waals surface area contributed by atoms with Crippen molar-refractivity contribution >= 4 is 39.9 Å². The molecular weight excluding hydrogens is 460 g/mol. The number of fused-ring (bicyclic) bond motifs is 1. The van der Waals surface area contributed by atoms with E-state index in [9.17, 15) is 4.79 Å². The number of hydrogen-bond acceptors (Lipinski definition) is 6. The molecule has 3 aliphatic rings. The molecule has 0 saturated carbocycles. The first kappa shape index (κ1) is 23.4. The fourth-order valence-corrected chi connectivity index (χ4v) is 5.28. The predicted octanol–water partition coefficient (Wildman–Crippen LogP) is 4.49. The number of carbonyl (C=O) groups excluding carboxylic acids is 1. The molecule has 182 valence electrons. The molecule has 0 spiro atoms. The van der Waals surface area contributed by atoms with Crippen LogP contribution in [-0.2, 0) is 11.3 Å². The monoisotopic (exact) mass is 490 g/mol. The van der Waals surface area contributed by atoms with Crippen molar-refractivity contribution in [3.63, 3.8) is 0 Å². The number of nitrogens with one attached hydrogen (secondary N) is 1. The van der Waals surface area contributed by atoms with Crippen LogP contribution < -0.4 is 4.74 Å². The molecule has 0 atom stereocenters. The summed E-state index contributed by atoms with van der Waals surface area (Å²) in [6.07, 6.45) is 5.92. The van der Waals surface area contributed by atoms with Gasteiger partial charge in [-0.15, -0.1) is 5.10 Å². The van der Waals surface area contributed by atoms with E-state index in [0.29, 0.717) is 18.3 Å². The number of thioether (sulfide) groups is 1. The third kappa shape index (κ3) is 4.91. The molecule has 4 heterocycles. The predicted molar refractivity (Wildman–Crippen MR) is 141 cm³/mol. The van der Waals surface area contributed by atoms with Crippen LogP contribution in [0.15, 0.2) is 52.2 Å². The minimum absolute atomic E-state index is 0.0623. The molecule has 35 heavy (non-hydrogen) atoms. The van der Waals surface area contributed by atoms with E-state index in [1.54, 1.807) is 6.08 Å². The average molecular weight is 491 g/mol. The van der Waals surface area contributed by atoms with Crippen LogP contribution in [0, 0.1) is 25.2 Å². The lowest BCUT2D eigenvalue weighted by molar-refractivity contribution is -0.114. The fourth-order valence-electron chi connectivity index (χ4n) is 4.34. The van der Waals surface area contributed by atoms with Gasteiger partial charge < -0.3 is 14.2 Å². The molecule has 1 aromatic carbocycles. The van der Waals surface area contributed by atoms with Crippen LogP contribution in [0.3, 0.4) is 0 Å². The van der Waals surface area contributed by atoms with E-state index in [4.69, 9.17) is 10.1 Å². The van der Waals surface area contributed by atoms with Crippen LogP contribution in [0.5, 0.6) is 5.75 Å². The maximum absolute atomic E-state index is 12.8. The van der Waals surface area contributed by atoms with Gasteiger partial charge in [-0.2, -0.15) is 10.0 Å². The minimum atomic E-state index is -0.406. The van der Waals surface area contributed by atoms with Gasteiger partial charge in [0.25, 0.3) is 5.91 Å². The molecule has 0 aliphatic carbocycles. The highest BCUT2D eigenvalue weighted by molar-refractivity contribution is 8.26. The summed E-state index contributed by atoms with van der Waals surface area (Å²) in [4.78, 5) is 19.3. The lowest BCUT2D eigenvalue weighted by Gasteiger charge is -2.30. The summed E-state index contributed by atoms with van der Waals surface area (Å²) in [6, 6.07) is 10.0. The van der Waals surface area contributed by atoms with E-state index in [2.05, 4.69) is 34.1 Å². The number of hydrazone groups is 1. The van der Waals surface area contributed by atoms with Crippen LogP contribution in [0.4, 0.5) is 0 Å². The van der Waals surface area contributed by atoms with Crippen LogP contribution in [0.1, 0.15) is 36.6 Å². The number of aryl methyl sites for hydroxylation is 2. The van der Waals surface area contributed by atoms with Gasteiger partial charge in [0, 0.05) is 25.0 Å². The Balaban J connectivity index is 1.29. The van der Waals surface area contributed by atoms with E-state index in [1.165, 1.54) is 16.8 Å². The molecule has 1 amide bonds. The number of benzene rings is 1. The standard InChI is InChI=1S/C26H30N6O2S/c1-17-8-11-31(12-9-17)26-29-32-23(27)21(24(33)28-25(32)35-26)16-20-5-4-10-30(20)13-14-34-22-15-18(2)6-7-19(22)3/h4-7,10,15-17,27H,8-9,11-14H2,1-3H3/b21-16-,27-23?. The van der Waals surface area contributed by atoms with E-state index < -0.39 is 5.91 Å². The van der Waals surface area contributed by atoms with Gasteiger partial charge in [0.15, 0.2) is 11.0 Å². The maximum Gasteiger partial charge on any atom is 0.283 e. The number of piperidine rings is 1. The van der Waals surface area contributed by atoms with E-state index in [1.807, 2.05) is 42.8 Å². The van der Waals surface area contributed by atoms with Crippen molar-refractivity contribution in [2.45, 2.75) is 40.2 Å². The first-order valence-electron chi connectivity index (χ1n) is 12.0. The number of hydrogen-bond donors (Lipinski definition) is 1. The Kier molecular flexibility index (Phi) is 6.51. The Bertz CT molecular complexity index is 1250. The SMILES string of the molecule is Cc1ccc(C)c(OCCn2cccc2/C=C2/C(=N)N3N=C(N4CCC(C)CC4)SC3=NC2=O)c1. The molecule has 0 unspecified atom stereocenters. The topological polar surface area (TPSA) is 86.3 Å². The third-order valence-corrected chi connectivity index (χ3v) is 7.56. The summed E-state index contributed by atoms with van der Waals surface area (Å²) >= 11 is 1.38. The Morgan fingerprint density at radius 3 is 2.80 bits per heavy atom. The number of nitrogens with zero attached hydrogens (tertiary/aromatic N) is 5. The van der Waals surface area contributed by atoms with Crippen LogP contribution >= 0.6 is 11.8 Å². The molecule has 1 N–H and O–H groups in total. The second-order valence-corrected chi connectivity index (χ2v) is 10.3. The molecule has 3 aliphatic heterocycles. The molecule has 8 nitrogen and oxygen atoms in total. The summed E-state index contributed by atoms with van der Waals surface area (Å²) in [5.41, 5.74) is 3.32. The summed E-state index contributed by atoms with van der Waals surface area (Å²) in [5.74, 6) is 1.26. The molecule has 2 aromatic rings. The average Bonchev–Trinajstić information content (AvgIpc) is 3.46. The van der Waals surface area contributed by atoms with Crippen LogP contribution in [-0.4, -0.2) is 56.3 Å². The van der Waals surface area contributed by atoms with Gasteiger partial charge in [0.05, 0.1) is 12.1 Å². The van der Waals surface area contributed by atoms with Crippen molar-refractivity contribution in [1.82, 2.24) is 14.5 Å². The lowest BCUT2D eigenvalue weighted by atomic mass is 10.00. The number of amidine groups is 3. The van der Waals surface area contributed by atoms with Gasteiger partial charge in [-0.1, -0.05) is 19.1 Å². The summed E-state index contributed by atoms with van der Waals surface area (Å²) in [7, 11) is 0. The van der Waals surface area contributed by atoms with Gasteiger partial charge in [0.1, 0.15) is 12.4 Å². The molecule has 1 aromatic heterocycles. The van der Waals surface area contributed by atoms with Crippen LogP contribution in [0.2, 0.25) is 0 Å². The summed E-state index contributed by atoms with van der Waals surface area (Å²) in [5, 5.41) is 16.1. The van der Waals surface area contributed by atoms with Crippen LogP contribution in [0.25, 0.3) is 6.08 Å². The van der Waals surface area contributed by atoms with Crippen molar-refractivity contribution in [2.24, 2.45) is 16.0 Å². The second-order valence-electron chi connectivity index (χ2n) is 9.32. The smallest absolute Gasteiger partial charge is 0.283 e. The number of amides is 1. The Hall–Kier alpha value is -3.33. The molecule has 5 rings (SSSR count). The van der Waals surface area contributed by atoms with E-state index >= 15 is 0 Å². The highest BCUT2D eigenvalue weighted by Crippen LogP contribution is 2.31. The van der Waals surface area contributed by atoms with Crippen molar-refractivity contribution < 1.29 is 9.53 Å². The normalized spacial score (nSPS) is 19.8. The number of carbonyl (C=O) groups is 1. The molecule has 0 bridgehead atoms. The van der Waals surface area contributed by atoms with Crippen molar-refractivity contribution in [2.75, 3.05) is 19.7 Å². The quantitative estimate of drug-likeness (QED) is 0.624. The van der Waals surface area contributed by atoms with Gasteiger partial charge in [-0.3, -0.25) is 10.2 Å². The third-order valence-electron chi connectivity index (χ3n) is 6.59. The maximum atomic E-state index is 12.8. The Labute approximate surface area is 209 Å². The Morgan fingerprint density at radius 2 is 2.00 bits per heavy atom. The molecule has 0 radical (unpaired) electrons. The van der Waals surface area contributed by atoms with Crippen molar-refractivity contribution in [3.05, 3.63) is 58.9 Å². The first-order chi connectivity index (χ1) is 16.9. The van der Waals surface area contributed by atoms with Gasteiger partial charge in [-0.25, -0.2) is 0 Å². The summed E-state index contributed by atoms with van der Waals surface area (Å²) < 4.78 is 8.02. The molecule has 1 saturated heterocycles. The number of aromatic nitrogens is 1. The number of rotatable bonds is 5. The van der Waals surface area contributed by atoms with Crippen molar-refractivity contribution in [3.8, 4) is 5.75 Å². The fraction of sp³-hybridized carbons (Fsp3) is 0.385. The molecular formula is C26H30N6O2S. The zero-order valence-corrected chi connectivity index (χ0v) is 21.1. The number of likely N-dealkylation sites (tertiary alicyclic amines) is 1. The second kappa shape index (κ2) is 9.73. The summed E-state index contributed by atoms with van der Waals surface area (Å²) in [6.45, 7) is 9.34. The zero-order valence-electron chi connectivity index (χ0n) is 20.3. The van der Waals surface area contributed by atoms with Gasteiger partial charge >= 0.3 is 0 Å². The van der Waals surface area contributed by atoms with E-state index in [-0.39, 0.29) is 11.4 Å².